The summed E-state index contributed by atoms with van der Waals surface area (Å²) in [4.78, 5) is 15.6. The molecule has 0 aromatic carbocycles. The molecular weight excluding hydrogens is 268 g/mol. The fourth-order valence-electron chi connectivity index (χ4n) is 4.16. The Bertz CT molecular complexity index is 361. The number of rotatable bonds is 3. The molecule has 1 unspecified atom stereocenters. The number of amides is 1. The normalized spacial score (nSPS) is 30.0. The van der Waals surface area contributed by atoms with Gasteiger partial charge in [0.25, 0.3) is 0 Å². The summed E-state index contributed by atoms with van der Waals surface area (Å²) in [6, 6.07) is 0. The van der Waals surface area contributed by atoms with Gasteiger partial charge in [0, 0.05) is 32.7 Å². The van der Waals surface area contributed by atoms with Crippen LogP contribution in [-0.2, 0) is 9.53 Å². The minimum atomic E-state index is -0.367. The second-order valence-electron chi connectivity index (χ2n) is 6.86. The molecule has 1 atom stereocenters. The number of carbonyl (C=O) groups is 1. The molecule has 2 aliphatic heterocycles. The highest BCUT2D eigenvalue weighted by Crippen LogP contribution is 2.42. The first-order valence-corrected chi connectivity index (χ1v) is 8.50. The van der Waals surface area contributed by atoms with Crippen molar-refractivity contribution in [2.24, 2.45) is 0 Å². The first kappa shape index (κ1) is 15.3. The maximum Gasteiger partial charge on any atom is 0.248 e. The molecule has 1 aliphatic carbocycles. The molecule has 21 heavy (non-hydrogen) atoms. The van der Waals surface area contributed by atoms with Gasteiger partial charge in [0.1, 0.15) is 6.61 Å². The van der Waals surface area contributed by atoms with E-state index in [1.54, 1.807) is 4.90 Å². The molecule has 1 amide bonds. The van der Waals surface area contributed by atoms with Gasteiger partial charge in [-0.3, -0.25) is 9.69 Å². The number of ether oxygens (including phenoxy) is 1. The Morgan fingerprint density at radius 1 is 1.10 bits per heavy atom. The molecule has 3 rings (SSSR count). The van der Waals surface area contributed by atoms with Crippen molar-refractivity contribution in [2.75, 3.05) is 39.3 Å². The lowest BCUT2D eigenvalue weighted by atomic mass is 9.83. The van der Waals surface area contributed by atoms with Crippen LogP contribution in [0.5, 0.6) is 0 Å². The van der Waals surface area contributed by atoms with Crippen molar-refractivity contribution < 1.29 is 14.6 Å². The summed E-state index contributed by atoms with van der Waals surface area (Å²) in [7, 11) is 0. The minimum absolute atomic E-state index is 0.145. The summed E-state index contributed by atoms with van der Waals surface area (Å²) in [5.41, 5.74) is 0.206. The van der Waals surface area contributed by atoms with Crippen molar-refractivity contribution >= 4 is 5.91 Å². The molecule has 3 aliphatic rings. The zero-order valence-corrected chi connectivity index (χ0v) is 12.9. The molecule has 2 heterocycles. The molecule has 0 bridgehead atoms. The Labute approximate surface area is 127 Å². The van der Waals surface area contributed by atoms with Crippen LogP contribution in [0, 0.1) is 0 Å². The number of aliphatic hydroxyl groups is 1. The van der Waals surface area contributed by atoms with E-state index in [-0.39, 0.29) is 18.1 Å². The Hall–Kier alpha value is -0.650. The average molecular weight is 296 g/mol. The molecule has 1 spiro atoms. The maximum absolute atomic E-state index is 11.5. The van der Waals surface area contributed by atoms with Gasteiger partial charge >= 0.3 is 0 Å². The van der Waals surface area contributed by atoms with E-state index in [2.05, 4.69) is 4.90 Å². The van der Waals surface area contributed by atoms with Gasteiger partial charge in [-0.15, -0.1) is 0 Å². The minimum Gasteiger partial charge on any atom is -0.387 e. The van der Waals surface area contributed by atoms with Crippen LogP contribution in [0.25, 0.3) is 0 Å². The largest absolute Gasteiger partial charge is 0.387 e. The number of piperazine rings is 1. The van der Waals surface area contributed by atoms with Gasteiger partial charge in [-0.1, -0.05) is 19.3 Å². The summed E-state index contributed by atoms with van der Waals surface area (Å²) in [6.45, 7) is 3.91. The van der Waals surface area contributed by atoms with Gasteiger partial charge in [-0.2, -0.15) is 0 Å². The molecule has 120 valence electrons. The zero-order valence-electron chi connectivity index (χ0n) is 12.9. The van der Waals surface area contributed by atoms with E-state index in [4.69, 9.17) is 9.84 Å². The van der Waals surface area contributed by atoms with Crippen LogP contribution in [0.15, 0.2) is 0 Å². The quantitative estimate of drug-likeness (QED) is 0.844. The van der Waals surface area contributed by atoms with Crippen LogP contribution < -0.4 is 0 Å². The SMILES string of the molecule is O=C(CO)N1CCN(CC2CCC3(CCCCC3)O2)CC1. The van der Waals surface area contributed by atoms with E-state index in [1.807, 2.05) is 0 Å². The topological polar surface area (TPSA) is 53.0 Å². The Morgan fingerprint density at radius 3 is 2.48 bits per heavy atom. The monoisotopic (exact) mass is 296 g/mol. The number of hydrogen-bond acceptors (Lipinski definition) is 4. The lowest BCUT2D eigenvalue weighted by Gasteiger charge is -2.37. The molecule has 0 aromatic rings. The third-order valence-electron chi connectivity index (χ3n) is 5.43. The standard InChI is InChI=1S/C16H28N2O3/c19-13-15(20)18-10-8-17(9-11-18)12-14-4-7-16(21-14)5-2-1-3-6-16/h14,19H,1-13H2. The van der Waals surface area contributed by atoms with Crippen molar-refractivity contribution in [3.05, 3.63) is 0 Å². The molecule has 1 saturated carbocycles. The highest BCUT2D eigenvalue weighted by Gasteiger charge is 2.41. The highest BCUT2D eigenvalue weighted by atomic mass is 16.5. The molecule has 0 aromatic heterocycles. The summed E-state index contributed by atoms with van der Waals surface area (Å²) in [5, 5.41) is 8.90. The van der Waals surface area contributed by atoms with Crippen LogP contribution >= 0.6 is 0 Å². The summed E-state index contributed by atoms with van der Waals surface area (Å²) in [5.74, 6) is -0.145. The van der Waals surface area contributed by atoms with Gasteiger partial charge in [0.15, 0.2) is 0 Å². The molecule has 1 N–H and O–H groups in total. The number of hydrogen-bond donors (Lipinski definition) is 1. The van der Waals surface area contributed by atoms with E-state index in [9.17, 15) is 4.79 Å². The van der Waals surface area contributed by atoms with Gasteiger partial charge < -0.3 is 14.7 Å². The lowest BCUT2D eigenvalue weighted by Crippen LogP contribution is -2.51. The van der Waals surface area contributed by atoms with Gasteiger partial charge in [0.05, 0.1) is 11.7 Å². The third kappa shape index (κ3) is 3.58. The van der Waals surface area contributed by atoms with E-state index in [0.717, 1.165) is 32.7 Å². The Morgan fingerprint density at radius 2 is 1.81 bits per heavy atom. The predicted molar refractivity (Wildman–Crippen MR) is 80.0 cm³/mol. The van der Waals surface area contributed by atoms with Crippen molar-refractivity contribution in [1.82, 2.24) is 9.80 Å². The Kier molecular flexibility index (Phi) is 4.82. The summed E-state index contributed by atoms with van der Waals surface area (Å²) >= 11 is 0. The van der Waals surface area contributed by atoms with E-state index in [0.29, 0.717) is 6.10 Å². The Balaban J connectivity index is 1.43. The first-order chi connectivity index (χ1) is 10.2. The van der Waals surface area contributed by atoms with Gasteiger partial charge in [-0.25, -0.2) is 0 Å². The second-order valence-corrected chi connectivity index (χ2v) is 6.86. The smallest absolute Gasteiger partial charge is 0.248 e. The van der Waals surface area contributed by atoms with E-state index >= 15 is 0 Å². The average Bonchev–Trinajstić information content (AvgIpc) is 2.90. The molecule has 2 saturated heterocycles. The first-order valence-electron chi connectivity index (χ1n) is 8.50. The van der Waals surface area contributed by atoms with E-state index < -0.39 is 0 Å². The van der Waals surface area contributed by atoms with Crippen LogP contribution in [0.3, 0.4) is 0 Å². The fourth-order valence-corrected chi connectivity index (χ4v) is 4.16. The van der Waals surface area contributed by atoms with Crippen LogP contribution in [0.2, 0.25) is 0 Å². The van der Waals surface area contributed by atoms with Crippen molar-refractivity contribution in [2.45, 2.75) is 56.7 Å². The van der Waals surface area contributed by atoms with Crippen LogP contribution in [-0.4, -0.2) is 71.8 Å². The lowest BCUT2D eigenvalue weighted by molar-refractivity contribution is -0.136. The van der Waals surface area contributed by atoms with Crippen molar-refractivity contribution in [1.29, 1.82) is 0 Å². The molecular formula is C16H28N2O3. The van der Waals surface area contributed by atoms with Crippen LogP contribution in [0.4, 0.5) is 0 Å². The fraction of sp³-hybridized carbons (Fsp3) is 0.938. The maximum atomic E-state index is 11.5. The van der Waals surface area contributed by atoms with Gasteiger partial charge in [0.2, 0.25) is 5.91 Å². The second kappa shape index (κ2) is 6.63. The number of aliphatic hydroxyl groups excluding tert-OH is 1. The van der Waals surface area contributed by atoms with Crippen molar-refractivity contribution in [3.63, 3.8) is 0 Å². The molecule has 5 nitrogen and oxygen atoms in total. The van der Waals surface area contributed by atoms with Crippen molar-refractivity contribution in [3.8, 4) is 0 Å². The predicted octanol–water partition coefficient (Wildman–Crippen LogP) is 1.00. The highest BCUT2D eigenvalue weighted by molar-refractivity contribution is 5.77. The number of nitrogens with zero attached hydrogens (tertiary/aromatic N) is 2. The van der Waals surface area contributed by atoms with E-state index in [1.165, 1.54) is 44.9 Å². The van der Waals surface area contributed by atoms with Gasteiger partial charge in [-0.05, 0) is 25.7 Å². The zero-order chi connectivity index (χ0) is 14.7. The molecule has 0 radical (unpaired) electrons. The molecule has 5 heteroatoms. The summed E-state index contributed by atoms with van der Waals surface area (Å²) < 4.78 is 6.43. The number of carbonyl (C=O) groups excluding carboxylic acids is 1. The summed E-state index contributed by atoms with van der Waals surface area (Å²) in [6.07, 6.45) is 9.34. The third-order valence-corrected chi connectivity index (χ3v) is 5.43. The van der Waals surface area contributed by atoms with Crippen LogP contribution in [0.1, 0.15) is 44.9 Å². The molecule has 3 fully saturated rings.